The van der Waals surface area contributed by atoms with Crippen LogP contribution in [0.2, 0.25) is 5.15 Å². The molecule has 2 heterocycles. The van der Waals surface area contributed by atoms with Crippen LogP contribution in [0.15, 0.2) is 65.8 Å². The van der Waals surface area contributed by atoms with Crippen molar-refractivity contribution in [1.29, 1.82) is 0 Å². The quantitative estimate of drug-likeness (QED) is 0.675. The summed E-state index contributed by atoms with van der Waals surface area (Å²) in [6.45, 7) is 0. The number of benzene rings is 1. The number of pyridine rings is 2. The van der Waals surface area contributed by atoms with Crippen LogP contribution in [0.3, 0.4) is 0 Å². The molecule has 0 fully saturated rings. The minimum absolute atomic E-state index is 0.0751. The van der Waals surface area contributed by atoms with E-state index in [2.05, 4.69) is 14.7 Å². The summed E-state index contributed by atoms with van der Waals surface area (Å²) in [6, 6.07) is 13.5. The Kier molecular flexibility index (Phi) is 5.11. The lowest BCUT2D eigenvalue weighted by Gasteiger charge is -2.13. The molecule has 0 aliphatic carbocycles. The second-order valence-electron chi connectivity index (χ2n) is 5.78. The highest BCUT2D eigenvalue weighted by molar-refractivity contribution is 7.92. The Bertz CT molecular complexity index is 1010. The number of halogens is 1. The first-order valence-electron chi connectivity index (χ1n) is 7.74. The SMILES string of the molecule is CN(C)c1ccc(-c2cnc(Cl)c(NS(=O)(=O)c3ccccc3)c2)cn1. The van der Waals surface area contributed by atoms with Gasteiger partial charge >= 0.3 is 0 Å². The molecule has 0 saturated carbocycles. The summed E-state index contributed by atoms with van der Waals surface area (Å²) in [5.41, 5.74) is 1.72. The first-order chi connectivity index (χ1) is 12.4. The summed E-state index contributed by atoms with van der Waals surface area (Å²) in [4.78, 5) is 10.5. The van der Waals surface area contributed by atoms with E-state index in [-0.39, 0.29) is 15.7 Å². The maximum absolute atomic E-state index is 12.5. The maximum atomic E-state index is 12.5. The number of anilines is 2. The highest BCUT2D eigenvalue weighted by Gasteiger charge is 2.16. The van der Waals surface area contributed by atoms with Crippen LogP contribution in [0.4, 0.5) is 11.5 Å². The van der Waals surface area contributed by atoms with E-state index in [1.165, 1.54) is 12.1 Å². The molecule has 0 atom stereocenters. The van der Waals surface area contributed by atoms with Gasteiger partial charge in [-0.1, -0.05) is 29.8 Å². The lowest BCUT2D eigenvalue weighted by Crippen LogP contribution is -2.13. The van der Waals surface area contributed by atoms with Crippen LogP contribution in [0.5, 0.6) is 0 Å². The summed E-state index contributed by atoms with van der Waals surface area (Å²) in [5, 5.41) is 0.0751. The Hall–Kier alpha value is -2.64. The van der Waals surface area contributed by atoms with Gasteiger partial charge in [0.15, 0.2) is 5.15 Å². The van der Waals surface area contributed by atoms with Crippen LogP contribution in [-0.2, 0) is 10.0 Å². The number of aromatic nitrogens is 2. The van der Waals surface area contributed by atoms with Crippen molar-refractivity contribution in [2.45, 2.75) is 4.90 Å². The molecule has 0 amide bonds. The lowest BCUT2D eigenvalue weighted by atomic mass is 10.1. The van der Waals surface area contributed by atoms with E-state index >= 15 is 0 Å². The summed E-state index contributed by atoms with van der Waals surface area (Å²) >= 11 is 6.08. The second-order valence-corrected chi connectivity index (χ2v) is 7.82. The molecule has 0 aliphatic heterocycles. The molecule has 0 radical (unpaired) electrons. The molecule has 8 heteroatoms. The largest absolute Gasteiger partial charge is 0.363 e. The molecule has 0 bridgehead atoms. The van der Waals surface area contributed by atoms with E-state index in [4.69, 9.17) is 11.6 Å². The average molecular weight is 389 g/mol. The fourth-order valence-corrected chi connectivity index (χ4v) is 3.59. The normalized spacial score (nSPS) is 11.2. The number of nitrogens with zero attached hydrogens (tertiary/aromatic N) is 3. The van der Waals surface area contributed by atoms with E-state index in [1.54, 1.807) is 36.7 Å². The molecule has 2 aromatic heterocycles. The molecule has 1 aromatic carbocycles. The minimum atomic E-state index is -3.75. The van der Waals surface area contributed by atoms with Gasteiger partial charge in [0.05, 0.1) is 10.6 Å². The van der Waals surface area contributed by atoms with E-state index in [0.29, 0.717) is 5.56 Å². The van der Waals surface area contributed by atoms with Crippen molar-refractivity contribution >= 4 is 33.1 Å². The molecule has 0 spiro atoms. The van der Waals surface area contributed by atoms with Gasteiger partial charge in [-0.2, -0.15) is 0 Å². The predicted octanol–water partition coefficient (Wildman–Crippen LogP) is 3.66. The van der Waals surface area contributed by atoms with Crippen LogP contribution in [0.1, 0.15) is 0 Å². The third-order valence-electron chi connectivity index (χ3n) is 3.68. The van der Waals surface area contributed by atoms with Crippen molar-refractivity contribution < 1.29 is 8.42 Å². The molecular weight excluding hydrogens is 372 g/mol. The van der Waals surface area contributed by atoms with Crippen molar-refractivity contribution in [3.8, 4) is 11.1 Å². The van der Waals surface area contributed by atoms with E-state index in [9.17, 15) is 8.42 Å². The van der Waals surface area contributed by atoms with Gasteiger partial charge in [-0.3, -0.25) is 4.72 Å². The Labute approximate surface area is 157 Å². The fraction of sp³-hybridized carbons (Fsp3) is 0.111. The van der Waals surface area contributed by atoms with Gasteiger partial charge in [0, 0.05) is 37.6 Å². The van der Waals surface area contributed by atoms with Crippen LogP contribution in [0.25, 0.3) is 11.1 Å². The van der Waals surface area contributed by atoms with E-state index in [1.807, 2.05) is 31.1 Å². The number of hydrogen-bond acceptors (Lipinski definition) is 5. The van der Waals surface area contributed by atoms with Crippen LogP contribution < -0.4 is 9.62 Å². The molecule has 3 aromatic rings. The van der Waals surface area contributed by atoms with Gasteiger partial charge in [0.2, 0.25) is 0 Å². The Morgan fingerprint density at radius 1 is 0.962 bits per heavy atom. The Morgan fingerprint density at radius 2 is 1.65 bits per heavy atom. The van der Waals surface area contributed by atoms with Gasteiger partial charge in [0.25, 0.3) is 10.0 Å². The average Bonchev–Trinajstić information content (AvgIpc) is 2.64. The molecular formula is C18H17ClN4O2S. The van der Waals surface area contributed by atoms with Crippen LogP contribution in [0, 0.1) is 0 Å². The Morgan fingerprint density at radius 3 is 2.27 bits per heavy atom. The van der Waals surface area contributed by atoms with Crippen molar-refractivity contribution in [2.75, 3.05) is 23.7 Å². The van der Waals surface area contributed by atoms with Crippen molar-refractivity contribution in [2.24, 2.45) is 0 Å². The molecule has 1 N–H and O–H groups in total. The minimum Gasteiger partial charge on any atom is -0.363 e. The fourth-order valence-electron chi connectivity index (χ4n) is 2.30. The first kappa shape index (κ1) is 18.2. The van der Waals surface area contributed by atoms with E-state index < -0.39 is 10.0 Å². The van der Waals surface area contributed by atoms with E-state index in [0.717, 1.165) is 11.4 Å². The highest BCUT2D eigenvalue weighted by Crippen LogP contribution is 2.28. The molecule has 0 saturated heterocycles. The van der Waals surface area contributed by atoms with Crippen LogP contribution in [-0.4, -0.2) is 32.5 Å². The molecule has 134 valence electrons. The lowest BCUT2D eigenvalue weighted by molar-refractivity contribution is 0.601. The molecule has 0 aliphatic rings. The third kappa shape index (κ3) is 3.95. The predicted molar refractivity (Wildman–Crippen MR) is 104 cm³/mol. The van der Waals surface area contributed by atoms with Gasteiger partial charge in [0.1, 0.15) is 5.82 Å². The van der Waals surface area contributed by atoms with Crippen molar-refractivity contribution in [3.05, 3.63) is 66.1 Å². The highest BCUT2D eigenvalue weighted by atomic mass is 35.5. The first-order valence-corrected chi connectivity index (χ1v) is 9.60. The summed E-state index contributed by atoms with van der Waals surface area (Å²) < 4.78 is 27.5. The molecule has 0 unspecified atom stereocenters. The standard InChI is InChI=1S/C18H17ClN4O2S/c1-23(2)17-9-8-13(11-20-17)14-10-16(18(19)21-12-14)22-26(24,25)15-6-4-3-5-7-15/h3-12,22H,1-2H3. The second kappa shape index (κ2) is 7.31. The topological polar surface area (TPSA) is 75.2 Å². The molecule has 6 nitrogen and oxygen atoms in total. The zero-order chi connectivity index (χ0) is 18.7. The zero-order valence-corrected chi connectivity index (χ0v) is 15.8. The zero-order valence-electron chi connectivity index (χ0n) is 14.2. The smallest absolute Gasteiger partial charge is 0.261 e. The van der Waals surface area contributed by atoms with Crippen molar-refractivity contribution in [3.63, 3.8) is 0 Å². The molecule has 26 heavy (non-hydrogen) atoms. The summed E-state index contributed by atoms with van der Waals surface area (Å²) in [5.74, 6) is 0.820. The van der Waals surface area contributed by atoms with Gasteiger partial charge in [-0.25, -0.2) is 18.4 Å². The van der Waals surface area contributed by atoms with Crippen LogP contribution >= 0.6 is 11.6 Å². The van der Waals surface area contributed by atoms with Gasteiger partial charge < -0.3 is 4.90 Å². The number of rotatable bonds is 5. The maximum Gasteiger partial charge on any atom is 0.261 e. The molecule has 3 rings (SSSR count). The van der Waals surface area contributed by atoms with Crippen molar-refractivity contribution in [1.82, 2.24) is 9.97 Å². The number of nitrogens with one attached hydrogen (secondary N) is 1. The number of hydrogen-bond donors (Lipinski definition) is 1. The van der Waals surface area contributed by atoms with Gasteiger partial charge in [-0.15, -0.1) is 0 Å². The summed E-state index contributed by atoms with van der Waals surface area (Å²) in [7, 11) is 0.0607. The third-order valence-corrected chi connectivity index (χ3v) is 5.36. The van der Waals surface area contributed by atoms with Gasteiger partial charge in [-0.05, 0) is 30.3 Å². The Balaban J connectivity index is 1.93. The number of sulfonamides is 1. The summed E-state index contributed by atoms with van der Waals surface area (Å²) in [6.07, 6.45) is 3.28. The monoisotopic (exact) mass is 388 g/mol.